The summed E-state index contributed by atoms with van der Waals surface area (Å²) in [5, 5.41) is 10.2. The highest BCUT2D eigenvalue weighted by Gasteiger charge is 2.15. The molecule has 2 aromatic carbocycles. The third-order valence-electron chi connectivity index (χ3n) is 3.98. The van der Waals surface area contributed by atoms with Crippen LogP contribution in [-0.4, -0.2) is 23.2 Å². The fourth-order valence-electron chi connectivity index (χ4n) is 2.76. The Labute approximate surface area is 134 Å². The van der Waals surface area contributed by atoms with Crippen LogP contribution in [-0.2, 0) is 0 Å². The van der Waals surface area contributed by atoms with Crippen LogP contribution in [0.4, 0.5) is 0 Å². The highest BCUT2D eigenvalue weighted by atomic mass is 16.5. The van der Waals surface area contributed by atoms with Gasteiger partial charge in [0, 0.05) is 10.9 Å². The monoisotopic (exact) mass is 307 g/mol. The Morgan fingerprint density at radius 3 is 2.52 bits per heavy atom. The quantitative estimate of drug-likeness (QED) is 0.787. The fourth-order valence-corrected chi connectivity index (χ4v) is 2.76. The van der Waals surface area contributed by atoms with Crippen molar-refractivity contribution in [2.45, 2.75) is 13.8 Å². The molecule has 116 valence electrons. The van der Waals surface area contributed by atoms with Crippen molar-refractivity contribution >= 4 is 16.9 Å². The standard InChI is InChI=1S/C19H17NO3/c1-11-5-4-6-15-16(19(21)22)10-17(20-18(11)15)14-8-7-13(23-3)9-12(14)2/h4-10H,1-3H3,(H,21,22). The maximum atomic E-state index is 11.6. The highest BCUT2D eigenvalue weighted by molar-refractivity contribution is 6.04. The number of pyridine rings is 1. The van der Waals surface area contributed by atoms with Crippen LogP contribution >= 0.6 is 0 Å². The number of hydrogen-bond donors (Lipinski definition) is 1. The number of rotatable bonds is 3. The van der Waals surface area contributed by atoms with Gasteiger partial charge >= 0.3 is 5.97 Å². The number of fused-ring (bicyclic) bond motifs is 1. The molecular formula is C19H17NO3. The van der Waals surface area contributed by atoms with E-state index in [9.17, 15) is 9.90 Å². The molecule has 1 N–H and O–H groups in total. The van der Waals surface area contributed by atoms with Crippen LogP contribution in [0.1, 0.15) is 21.5 Å². The zero-order chi connectivity index (χ0) is 16.6. The minimum Gasteiger partial charge on any atom is -0.497 e. The molecule has 0 fully saturated rings. The maximum absolute atomic E-state index is 11.6. The highest BCUT2D eigenvalue weighted by Crippen LogP contribution is 2.30. The number of benzene rings is 2. The molecule has 0 saturated carbocycles. The fraction of sp³-hybridized carbons (Fsp3) is 0.158. The largest absolute Gasteiger partial charge is 0.497 e. The van der Waals surface area contributed by atoms with Gasteiger partial charge in [-0.05, 0) is 49.2 Å². The average Bonchev–Trinajstić information content (AvgIpc) is 2.54. The van der Waals surface area contributed by atoms with E-state index in [4.69, 9.17) is 9.72 Å². The van der Waals surface area contributed by atoms with Gasteiger partial charge in [0.1, 0.15) is 5.75 Å². The van der Waals surface area contributed by atoms with Gasteiger partial charge in [-0.1, -0.05) is 18.2 Å². The van der Waals surface area contributed by atoms with E-state index in [-0.39, 0.29) is 5.56 Å². The van der Waals surface area contributed by atoms with E-state index in [1.807, 2.05) is 44.2 Å². The molecule has 0 spiro atoms. The van der Waals surface area contributed by atoms with Crippen LogP contribution in [0.15, 0.2) is 42.5 Å². The molecule has 0 aliphatic carbocycles. The van der Waals surface area contributed by atoms with Crippen LogP contribution in [0.5, 0.6) is 5.75 Å². The van der Waals surface area contributed by atoms with E-state index in [0.29, 0.717) is 11.1 Å². The van der Waals surface area contributed by atoms with E-state index < -0.39 is 5.97 Å². The van der Waals surface area contributed by atoms with Crippen LogP contribution in [0, 0.1) is 13.8 Å². The van der Waals surface area contributed by atoms with E-state index in [0.717, 1.165) is 28.0 Å². The SMILES string of the molecule is COc1ccc(-c2cc(C(=O)O)c3cccc(C)c3n2)c(C)c1. The van der Waals surface area contributed by atoms with Crippen molar-refractivity contribution in [1.82, 2.24) is 4.98 Å². The van der Waals surface area contributed by atoms with Gasteiger partial charge in [-0.3, -0.25) is 0 Å². The van der Waals surface area contributed by atoms with Crippen LogP contribution in [0.25, 0.3) is 22.2 Å². The maximum Gasteiger partial charge on any atom is 0.336 e. The number of aromatic nitrogens is 1. The number of ether oxygens (including phenoxy) is 1. The molecule has 0 saturated heterocycles. The summed E-state index contributed by atoms with van der Waals surface area (Å²) in [6.45, 7) is 3.90. The second kappa shape index (κ2) is 5.72. The minimum absolute atomic E-state index is 0.268. The lowest BCUT2D eigenvalue weighted by Gasteiger charge is -2.11. The van der Waals surface area contributed by atoms with Crippen LogP contribution in [0.2, 0.25) is 0 Å². The first-order valence-electron chi connectivity index (χ1n) is 7.30. The molecule has 0 amide bonds. The molecule has 0 atom stereocenters. The van der Waals surface area contributed by atoms with Crippen molar-refractivity contribution in [2.24, 2.45) is 0 Å². The topological polar surface area (TPSA) is 59.4 Å². The number of aromatic carboxylic acids is 1. The van der Waals surface area contributed by atoms with Gasteiger partial charge in [-0.15, -0.1) is 0 Å². The lowest BCUT2D eigenvalue weighted by Crippen LogP contribution is -2.01. The smallest absolute Gasteiger partial charge is 0.336 e. The molecule has 4 nitrogen and oxygen atoms in total. The van der Waals surface area contributed by atoms with Gasteiger partial charge < -0.3 is 9.84 Å². The van der Waals surface area contributed by atoms with E-state index in [2.05, 4.69) is 0 Å². The number of carboxylic acids is 1. The second-order valence-corrected chi connectivity index (χ2v) is 5.51. The minimum atomic E-state index is -0.949. The summed E-state index contributed by atoms with van der Waals surface area (Å²) in [5.74, 6) is -0.183. The molecule has 3 rings (SSSR count). The van der Waals surface area contributed by atoms with Gasteiger partial charge in [-0.25, -0.2) is 9.78 Å². The molecule has 0 aliphatic heterocycles. The Morgan fingerprint density at radius 1 is 1.09 bits per heavy atom. The molecule has 0 aliphatic rings. The van der Waals surface area contributed by atoms with Crippen LogP contribution in [0.3, 0.4) is 0 Å². The molecule has 3 aromatic rings. The predicted molar refractivity (Wildman–Crippen MR) is 90.2 cm³/mol. The van der Waals surface area contributed by atoms with Gasteiger partial charge in [0.25, 0.3) is 0 Å². The van der Waals surface area contributed by atoms with Crippen molar-refractivity contribution in [1.29, 1.82) is 0 Å². The Balaban J connectivity index is 2.30. The summed E-state index contributed by atoms with van der Waals surface area (Å²) >= 11 is 0. The first kappa shape index (κ1) is 15.0. The van der Waals surface area contributed by atoms with Crippen LogP contribution < -0.4 is 4.74 Å². The van der Waals surface area contributed by atoms with Crippen molar-refractivity contribution in [3.8, 4) is 17.0 Å². The number of aryl methyl sites for hydroxylation is 2. The average molecular weight is 307 g/mol. The van der Waals surface area contributed by atoms with Crippen molar-refractivity contribution in [3.05, 3.63) is 59.2 Å². The van der Waals surface area contributed by atoms with Crippen molar-refractivity contribution in [2.75, 3.05) is 7.11 Å². The number of methoxy groups -OCH3 is 1. The number of para-hydroxylation sites is 1. The first-order valence-corrected chi connectivity index (χ1v) is 7.30. The normalized spacial score (nSPS) is 10.7. The molecule has 0 radical (unpaired) electrons. The number of nitrogens with zero attached hydrogens (tertiary/aromatic N) is 1. The molecule has 0 bridgehead atoms. The summed E-state index contributed by atoms with van der Waals surface area (Å²) in [6.07, 6.45) is 0. The Kier molecular flexibility index (Phi) is 3.74. The number of hydrogen-bond acceptors (Lipinski definition) is 3. The summed E-state index contributed by atoms with van der Waals surface area (Å²) in [4.78, 5) is 16.3. The second-order valence-electron chi connectivity index (χ2n) is 5.51. The van der Waals surface area contributed by atoms with E-state index in [1.165, 1.54) is 0 Å². The van der Waals surface area contributed by atoms with E-state index in [1.54, 1.807) is 19.2 Å². The molecular weight excluding hydrogens is 290 g/mol. The molecule has 1 heterocycles. The van der Waals surface area contributed by atoms with E-state index >= 15 is 0 Å². The first-order chi connectivity index (χ1) is 11.0. The summed E-state index contributed by atoms with van der Waals surface area (Å²) in [6, 6.07) is 12.9. The Morgan fingerprint density at radius 2 is 1.87 bits per heavy atom. The zero-order valence-corrected chi connectivity index (χ0v) is 13.3. The van der Waals surface area contributed by atoms with Gasteiger partial charge in [0.05, 0.1) is 23.9 Å². The third kappa shape index (κ3) is 2.63. The summed E-state index contributed by atoms with van der Waals surface area (Å²) in [7, 11) is 1.62. The molecule has 4 heteroatoms. The van der Waals surface area contributed by atoms with Gasteiger partial charge in [0.15, 0.2) is 0 Å². The molecule has 0 unspecified atom stereocenters. The van der Waals surface area contributed by atoms with Gasteiger partial charge in [0.2, 0.25) is 0 Å². The number of carbonyl (C=O) groups is 1. The predicted octanol–water partition coefficient (Wildman–Crippen LogP) is 4.23. The molecule has 1 aromatic heterocycles. The lowest BCUT2D eigenvalue weighted by molar-refractivity contribution is 0.0699. The summed E-state index contributed by atoms with van der Waals surface area (Å²) < 4.78 is 5.22. The Hall–Kier alpha value is -2.88. The van der Waals surface area contributed by atoms with Gasteiger partial charge in [-0.2, -0.15) is 0 Å². The lowest BCUT2D eigenvalue weighted by atomic mass is 9.99. The third-order valence-corrected chi connectivity index (χ3v) is 3.98. The number of carboxylic acid groups (broad SMARTS) is 1. The Bertz CT molecular complexity index is 916. The molecule has 23 heavy (non-hydrogen) atoms. The zero-order valence-electron chi connectivity index (χ0n) is 13.3. The van der Waals surface area contributed by atoms with Crippen molar-refractivity contribution < 1.29 is 14.6 Å². The summed E-state index contributed by atoms with van der Waals surface area (Å²) in [5.41, 5.74) is 4.49. The van der Waals surface area contributed by atoms with Crippen molar-refractivity contribution in [3.63, 3.8) is 0 Å².